The molecule has 0 saturated heterocycles. The van der Waals surface area contributed by atoms with E-state index in [1.54, 1.807) is 0 Å². The molecule has 8 heteroatoms. The van der Waals surface area contributed by atoms with Gasteiger partial charge in [-0.1, -0.05) is 5.16 Å². The van der Waals surface area contributed by atoms with Crippen LogP contribution in [0.25, 0.3) is 23.0 Å². The molecule has 0 aliphatic carbocycles. The van der Waals surface area contributed by atoms with E-state index in [-0.39, 0.29) is 23.2 Å². The third-order valence-electron chi connectivity index (χ3n) is 2.56. The van der Waals surface area contributed by atoms with Gasteiger partial charge in [0.15, 0.2) is 5.69 Å². The first-order chi connectivity index (χ1) is 9.63. The molecular weight excluding hydrogens is 273 g/mol. The summed E-state index contributed by atoms with van der Waals surface area (Å²) in [4.78, 5) is 4.03. The monoisotopic (exact) mass is 280 g/mol. The second-order valence-corrected chi connectivity index (χ2v) is 3.89. The average Bonchev–Trinajstić information content (AvgIpc) is 3.08. The minimum Gasteiger partial charge on any atom is -0.332 e. The molecule has 2 heterocycles. The Labute approximate surface area is 110 Å². The molecule has 5 nitrogen and oxygen atoms in total. The number of hydrogen-bond acceptors (Lipinski definition) is 4. The number of benzene rings is 1. The first-order valence-corrected chi connectivity index (χ1v) is 5.57. The van der Waals surface area contributed by atoms with Crippen LogP contribution in [-0.4, -0.2) is 19.9 Å². The van der Waals surface area contributed by atoms with E-state index < -0.39 is 6.55 Å². The van der Waals surface area contributed by atoms with Crippen molar-refractivity contribution in [3.8, 4) is 23.0 Å². The van der Waals surface area contributed by atoms with Gasteiger partial charge >= 0.3 is 6.55 Å². The average molecular weight is 280 g/mol. The topological polar surface area (TPSA) is 56.7 Å². The van der Waals surface area contributed by atoms with Crippen molar-refractivity contribution in [1.29, 1.82) is 0 Å². The third-order valence-corrected chi connectivity index (χ3v) is 2.56. The van der Waals surface area contributed by atoms with Gasteiger partial charge in [0.25, 0.3) is 5.89 Å². The van der Waals surface area contributed by atoms with Crippen molar-refractivity contribution < 1.29 is 17.7 Å². The summed E-state index contributed by atoms with van der Waals surface area (Å²) in [7, 11) is 0. The summed E-state index contributed by atoms with van der Waals surface area (Å²) in [5, 5.41) is 7.31. The minimum absolute atomic E-state index is 0.0173. The predicted molar refractivity (Wildman–Crippen MR) is 62.2 cm³/mol. The Hall–Kier alpha value is -2.64. The molecule has 0 aliphatic rings. The van der Waals surface area contributed by atoms with Gasteiger partial charge in [-0.25, -0.2) is 9.07 Å². The van der Waals surface area contributed by atoms with Gasteiger partial charge in [0.1, 0.15) is 5.82 Å². The SMILES string of the molecule is Fc1ccc(-c2noc(-c3ccn(C(F)F)n3)n2)cc1. The van der Waals surface area contributed by atoms with E-state index in [1.807, 2.05) is 0 Å². The Balaban J connectivity index is 1.91. The summed E-state index contributed by atoms with van der Waals surface area (Å²) in [5.41, 5.74) is 0.695. The van der Waals surface area contributed by atoms with Crippen molar-refractivity contribution in [3.05, 3.63) is 42.3 Å². The molecule has 0 bridgehead atoms. The van der Waals surface area contributed by atoms with Crippen LogP contribution < -0.4 is 0 Å². The number of alkyl halides is 2. The van der Waals surface area contributed by atoms with Crippen LogP contribution >= 0.6 is 0 Å². The maximum Gasteiger partial charge on any atom is 0.333 e. The first kappa shape index (κ1) is 12.4. The van der Waals surface area contributed by atoms with E-state index >= 15 is 0 Å². The number of halogens is 3. The van der Waals surface area contributed by atoms with Gasteiger partial charge in [-0.3, -0.25) is 0 Å². The molecule has 3 aromatic rings. The molecule has 102 valence electrons. The molecule has 0 saturated carbocycles. The molecule has 0 amide bonds. The molecule has 2 aromatic heterocycles. The normalized spacial score (nSPS) is 11.2. The van der Waals surface area contributed by atoms with Crippen molar-refractivity contribution >= 4 is 0 Å². The fourth-order valence-corrected chi connectivity index (χ4v) is 1.60. The Morgan fingerprint density at radius 1 is 1.10 bits per heavy atom. The van der Waals surface area contributed by atoms with Crippen molar-refractivity contribution in [1.82, 2.24) is 19.9 Å². The summed E-state index contributed by atoms with van der Waals surface area (Å²) in [6.07, 6.45) is 1.11. The van der Waals surface area contributed by atoms with Crippen molar-refractivity contribution in [3.63, 3.8) is 0 Å². The summed E-state index contributed by atoms with van der Waals surface area (Å²) >= 11 is 0. The number of aromatic nitrogens is 4. The maximum absolute atomic E-state index is 12.8. The first-order valence-electron chi connectivity index (χ1n) is 5.57. The van der Waals surface area contributed by atoms with Crippen LogP contribution in [-0.2, 0) is 0 Å². The molecule has 0 atom stereocenters. The van der Waals surface area contributed by atoms with Crippen molar-refractivity contribution in [2.45, 2.75) is 6.55 Å². The van der Waals surface area contributed by atoms with Crippen LogP contribution in [0, 0.1) is 5.82 Å². The largest absolute Gasteiger partial charge is 0.333 e. The van der Waals surface area contributed by atoms with Gasteiger partial charge < -0.3 is 4.52 Å². The lowest BCUT2D eigenvalue weighted by atomic mass is 10.2. The van der Waals surface area contributed by atoms with E-state index in [4.69, 9.17) is 4.52 Å². The quantitative estimate of drug-likeness (QED) is 0.739. The van der Waals surface area contributed by atoms with Gasteiger partial charge in [0, 0.05) is 11.8 Å². The third kappa shape index (κ3) is 2.27. The Morgan fingerprint density at radius 2 is 1.85 bits per heavy atom. The molecular formula is C12H7F3N4O. The fourth-order valence-electron chi connectivity index (χ4n) is 1.60. The predicted octanol–water partition coefficient (Wildman–Crippen LogP) is 3.13. The molecule has 0 radical (unpaired) electrons. The van der Waals surface area contributed by atoms with Crippen LogP contribution in [0.3, 0.4) is 0 Å². The van der Waals surface area contributed by atoms with E-state index in [1.165, 1.54) is 30.3 Å². The van der Waals surface area contributed by atoms with Gasteiger partial charge in [-0.15, -0.1) is 0 Å². The Morgan fingerprint density at radius 3 is 2.50 bits per heavy atom. The van der Waals surface area contributed by atoms with Gasteiger partial charge in [-0.05, 0) is 30.3 Å². The summed E-state index contributed by atoms with van der Waals surface area (Å²) in [6.45, 7) is -2.73. The molecule has 1 aromatic carbocycles. The molecule has 0 aliphatic heterocycles. The minimum atomic E-state index is -2.73. The zero-order valence-corrected chi connectivity index (χ0v) is 9.87. The summed E-state index contributed by atoms with van der Waals surface area (Å²) < 4.78 is 43.0. The van der Waals surface area contributed by atoms with Crippen LogP contribution in [0.5, 0.6) is 0 Å². The number of hydrogen-bond donors (Lipinski definition) is 0. The lowest BCUT2D eigenvalue weighted by Crippen LogP contribution is -1.98. The van der Waals surface area contributed by atoms with Crippen molar-refractivity contribution in [2.75, 3.05) is 0 Å². The fraction of sp³-hybridized carbons (Fsp3) is 0.0833. The van der Waals surface area contributed by atoms with Crippen LogP contribution in [0.4, 0.5) is 13.2 Å². The number of rotatable bonds is 3. The van der Waals surface area contributed by atoms with Gasteiger partial charge in [0.05, 0.1) is 0 Å². The lowest BCUT2D eigenvalue weighted by molar-refractivity contribution is 0.0568. The van der Waals surface area contributed by atoms with Crippen molar-refractivity contribution in [2.24, 2.45) is 0 Å². The molecule has 0 spiro atoms. The van der Waals surface area contributed by atoms with Gasteiger partial charge in [0.2, 0.25) is 5.82 Å². The molecule has 3 rings (SSSR count). The second kappa shape index (κ2) is 4.80. The van der Waals surface area contributed by atoms with Gasteiger partial charge in [-0.2, -0.15) is 18.9 Å². The van der Waals surface area contributed by atoms with E-state index in [0.29, 0.717) is 10.2 Å². The van der Waals surface area contributed by atoms with E-state index in [0.717, 1.165) is 6.20 Å². The highest BCUT2D eigenvalue weighted by molar-refractivity contribution is 5.57. The second-order valence-electron chi connectivity index (χ2n) is 3.89. The maximum atomic E-state index is 12.8. The Bertz CT molecular complexity index is 720. The zero-order valence-electron chi connectivity index (χ0n) is 9.87. The van der Waals surface area contributed by atoms with Crippen LogP contribution in [0.15, 0.2) is 41.1 Å². The molecule has 0 N–H and O–H groups in total. The van der Waals surface area contributed by atoms with E-state index in [2.05, 4.69) is 15.2 Å². The Kier molecular flexibility index (Phi) is 2.97. The van der Waals surface area contributed by atoms with E-state index in [9.17, 15) is 13.2 Å². The zero-order chi connectivity index (χ0) is 14.1. The standard InChI is InChI=1S/C12H7F3N4O/c13-8-3-1-7(2-4-8)10-16-11(20-18-10)9-5-6-19(17-9)12(14)15/h1-6,12H. The lowest BCUT2D eigenvalue weighted by Gasteiger charge is -1.95. The highest BCUT2D eigenvalue weighted by Crippen LogP contribution is 2.22. The smallest absolute Gasteiger partial charge is 0.332 e. The highest BCUT2D eigenvalue weighted by atomic mass is 19.3. The number of nitrogens with zero attached hydrogens (tertiary/aromatic N) is 4. The molecule has 20 heavy (non-hydrogen) atoms. The van der Waals surface area contributed by atoms with Crippen LogP contribution in [0.2, 0.25) is 0 Å². The highest BCUT2D eigenvalue weighted by Gasteiger charge is 2.15. The summed E-state index contributed by atoms with van der Waals surface area (Å²) in [5.74, 6) is -0.136. The molecule has 0 unspecified atom stereocenters. The summed E-state index contributed by atoms with van der Waals surface area (Å²) in [6, 6.07) is 6.84. The molecule has 0 fully saturated rings. The van der Waals surface area contributed by atoms with Crippen LogP contribution in [0.1, 0.15) is 6.55 Å².